The van der Waals surface area contributed by atoms with E-state index in [2.05, 4.69) is 9.97 Å². The van der Waals surface area contributed by atoms with Crippen LogP contribution in [0.1, 0.15) is 5.69 Å². The highest BCUT2D eigenvalue weighted by molar-refractivity contribution is 5.93. The summed E-state index contributed by atoms with van der Waals surface area (Å²) < 4.78 is 0. The van der Waals surface area contributed by atoms with Gasteiger partial charge in [0.1, 0.15) is 11.5 Å². The largest absolute Gasteiger partial charge is 0.382 e. The van der Waals surface area contributed by atoms with E-state index in [1.165, 1.54) is 0 Å². The number of nitrogens with two attached hydrogens (primary N) is 1. The van der Waals surface area contributed by atoms with Gasteiger partial charge in [-0.05, 0) is 24.3 Å². The molecule has 0 amide bonds. The number of nitrogen functional groups attached to an aromatic ring is 1. The minimum atomic E-state index is -0.0271. The van der Waals surface area contributed by atoms with Crippen LogP contribution >= 0.6 is 12.4 Å². The molecular formula is C11H11ClN4. The molecule has 0 spiro atoms. The van der Waals surface area contributed by atoms with Gasteiger partial charge in [0.2, 0.25) is 0 Å². The molecule has 2 aromatic heterocycles. The molecule has 0 fully saturated rings. The number of rotatable bonds is 2. The molecule has 3 N–H and O–H groups in total. The van der Waals surface area contributed by atoms with Crippen LogP contribution in [0.2, 0.25) is 0 Å². The first-order valence-electron chi connectivity index (χ1n) is 4.49. The third kappa shape index (κ3) is 2.55. The van der Waals surface area contributed by atoms with Crippen LogP contribution in [0.4, 0.5) is 0 Å². The minimum absolute atomic E-state index is 0. The molecule has 16 heavy (non-hydrogen) atoms. The van der Waals surface area contributed by atoms with E-state index >= 15 is 0 Å². The van der Waals surface area contributed by atoms with Crippen molar-refractivity contribution in [1.29, 1.82) is 5.41 Å². The maximum atomic E-state index is 7.29. The summed E-state index contributed by atoms with van der Waals surface area (Å²) in [6.07, 6.45) is 3.44. The highest BCUT2D eigenvalue weighted by Crippen LogP contribution is 2.14. The number of nitrogens with zero attached hydrogens (tertiary/aromatic N) is 2. The summed E-state index contributed by atoms with van der Waals surface area (Å²) in [5, 5.41) is 7.29. The van der Waals surface area contributed by atoms with Gasteiger partial charge >= 0.3 is 0 Å². The molecule has 0 aromatic carbocycles. The number of halogens is 1. The number of hydrogen-bond acceptors (Lipinski definition) is 3. The molecule has 0 aliphatic carbocycles. The Morgan fingerprint density at radius 3 is 2.62 bits per heavy atom. The zero-order chi connectivity index (χ0) is 10.7. The smallest absolute Gasteiger partial charge is 0.141 e. The predicted octanol–water partition coefficient (Wildman–Crippen LogP) is 1.85. The maximum absolute atomic E-state index is 7.29. The van der Waals surface area contributed by atoms with Gasteiger partial charge in [-0.25, -0.2) is 4.98 Å². The van der Waals surface area contributed by atoms with E-state index < -0.39 is 0 Å². The molecule has 5 heteroatoms. The Bertz CT molecular complexity index is 484. The van der Waals surface area contributed by atoms with Crippen LogP contribution in [0.15, 0.2) is 42.7 Å². The lowest BCUT2D eigenvalue weighted by molar-refractivity contribution is 1.24. The van der Waals surface area contributed by atoms with Gasteiger partial charge in [0.25, 0.3) is 0 Å². The lowest BCUT2D eigenvalue weighted by Crippen LogP contribution is -2.13. The Morgan fingerprint density at radius 2 is 2.00 bits per heavy atom. The number of amidine groups is 1. The Labute approximate surface area is 99.5 Å². The van der Waals surface area contributed by atoms with Gasteiger partial charge < -0.3 is 5.73 Å². The van der Waals surface area contributed by atoms with Crippen LogP contribution in [0.25, 0.3) is 11.3 Å². The van der Waals surface area contributed by atoms with Crippen LogP contribution in [-0.4, -0.2) is 15.8 Å². The van der Waals surface area contributed by atoms with Crippen molar-refractivity contribution in [2.45, 2.75) is 0 Å². The van der Waals surface area contributed by atoms with Crippen molar-refractivity contribution in [2.75, 3.05) is 0 Å². The second kappa shape index (κ2) is 5.23. The third-order valence-corrected chi connectivity index (χ3v) is 1.98. The number of aromatic nitrogens is 2. The first-order chi connectivity index (χ1) is 7.27. The average molecular weight is 235 g/mol. The molecule has 0 bridgehead atoms. The standard InChI is InChI=1S/C11H10N4.ClH/c12-11(13)10-5-1-4-9(15-10)8-3-2-6-14-7-8;/h1-7H,(H3,12,13);1H. The summed E-state index contributed by atoms with van der Waals surface area (Å²) in [5.74, 6) is -0.0271. The lowest BCUT2D eigenvalue weighted by atomic mass is 10.2. The van der Waals surface area contributed by atoms with Gasteiger partial charge in [-0.15, -0.1) is 12.4 Å². The molecule has 82 valence electrons. The quantitative estimate of drug-likeness (QED) is 0.615. The lowest BCUT2D eigenvalue weighted by Gasteiger charge is -2.02. The van der Waals surface area contributed by atoms with Crippen LogP contribution in [0.3, 0.4) is 0 Å². The van der Waals surface area contributed by atoms with Crippen molar-refractivity contribution in [3.8, 4) is 11.3 Å². The minimum Gasteiger partial charge on any atom is -0.382 e. The van der Waals surface area contributed by atoms with Gasteiger partial charge in [0, 0.05) is 18.0 Å². The predicted molar refractivity (Wildman–Crippen MR) is 65.7 cm³/mol. The Kier molecular flexibility index (Phi) is 3.96. The number of pyridine rings is 2. The molecule has 2 rings (SSSR count). The molecule has 0 radical (unpaired) electrons. The molecule has 4 nitrogen and oxygen atoms in total. The van der Waals surface area contributed by atoms with E-state index in [-0.39, 0.29) is 18.2 Å². The molecular weight excluding hydrogens is 224 g/mol. The highest BCUT2D eigenvalue weighted by atomic mass is 35.5. The average Bonchev–Trinajstić information content (AvgIpc) is 2.30. The second-order valence-corrected chi connectivity index (χ2v) is 3.06. The first kappa shape index (κ1) is 12.1. The SMILES string of the molecule is Cl.N=C(N)c1cccc(-c2cccnc2)n1. The molecule has 0 aliphatic heterocycles. The van der Waals surface area contributed by atoms with Crippen LogP contribution < -0.4 is 5.73 Å². The monoisotopic (exact) mass is 234 g/mol. The van der Waals surface area contributed by atoms with E-state index in [1.807, 2.05) is 24.3 Å². The van der Waals surface area contributed by atoms with Crippen LogP contribution in [-0.2, 0) is 0 Å². The van der Waals surface area contributed by atoms with E-state index in [4.69, 9.17) is 11.1 Å². The summed E-state index contributed by atoms with van der Waals surface area (Å²) in [7, 11) is 0. The van der Waals surface area contributed by atoms with E-state index in [0.717, 1.165) is 11.3 Å². The van der Waals surface area contributed by atoms with Crippen molar-refractivity contribution in [3.05, 3.63) is 48.4 Å². The van der Waals surface area contributed by atoms with E-state index in [1.54, 1.807) is 18.5 Å². The van der Waals surface area contributed by atoms with Gasteiger partial charge in [-0.2, -0.15) is 0 Å². The zero-order valence-corrected chi connectivity index (χ0v) is 9.24. The molecule has 0 aliphatic rings. The second-order valence-electron chi connectivity index (χ2n) is 3.06. The molecule has 0 atom stereocenters. The van der Waals surface area contributed by atoms with Crippen molar-refractivity contribution in [1.82, 2.24) is 9.97 Å². The first-order valence-corrected chi connectivity index (χ1v) is 4.49. The summed E-state index contributed by atoms with van der Waals surface area (Å²) in [6, 6.07) is 9.16. The summed E-state index contributed by atoms with van der Waals surface area (Å²) in [6.45, 7) is 0. The normalized spacial score (nSPS) is 9.25. The topological polar surface area (TPSA) is 75.7 Å². The Morgan fingerprint density at radius 1 is 1.19 bits per heavy atom. The summed E-state index contributed by atoms with van der Waals surface area (Å²) in [4.78, 5) is 8.26. The van der Waals surface area contributed by atoms with E-state index in [0.29, 0.717) is 5.69 Å². The fraction of sp³-hybridized carbons (Fsp3) is 0. The molecule has 0 saturated carbocycles. The van der Waals surface area contributed by atoms with Crippen molar-refractivity contribution in [2.24, 2.45) is 5.73 Å². The van der Waals surface area contributed by atoms with Crippen molar-refractivity contribution in [3.63, 3.8) is 0 Å². The Hall–Kier alpha value is -1.94. The zero-order valence-electron chi connectivity index (χ0n) is 8.42. The van der Waals surface area contributed by atoms with Gasteiger partial charge in [0.15, 0.2) is 0 Å². The van der Waals surface area contributed by atoms with Crippen molar-refractivity contribution < 1.29 is 0 Å². The maximum Gasteiger partial charge on any atom is 0.141 e. The van der Waals surface area contributed by atoms with Crippen molar-refractivity contribution >= 4 is 18.2 Å². The fourth-order valence-corrected chi connectivity index (χ4v) is 1.26. The molecule has 0 saturated heterocycles. The number of hydrogen-bond donors (Lipinski definition) is 2. The fourth-order valence-electron chi connectivity index (χ4n) is 1.26. The molecule has 2 heterocycles. The third-order valence-electron chi connectivity index (χ3n) is 1.98. The molecule has 2 aromatic rings. The number of nitrogens with one attached hydrogen (secondary N) is 1. The highest BCUT2D eigenvalue weighted by Gasteiger charge is 2.02. The van der Waals surface area contributed by atoms with Gasteiger partial charge in [-0.3, -0.25) is 10.4 Å². The van der Waals surface area contributed by atoms with Crippen LogP contribution in [0, 0.1) is 5.41 Å². The van der Waals surface area contributed by atoms with E-state index in [9.17, 15) is 0 Å². The van der Waals surface area contributed by atoms with Gasteiger partial charge in [0.05, 0.1) is 5.69 Å². The summed E-state index contributed by atoms with van der Waals surface area (Å²) >= 11 is 0. The molecule has 0 unspecified atom stereocenters. The van der Waals surface area contributed by atoms with Crippen LogP contribution in [0.5, 0.6) is 0 Å². The Balaban J connectivity index is 0.00000128. The van der Waals surface area contributed by atoms with Gasteiger partial charge in [-0.1, -0.05) is 6.07 Å². The summed E-state index contributed by atoms with van der Waals surface area (Å²) in [5.41, 5.74) is 7.54.